The normalized spacial score (nSPS) is 11.4. The molecule has 0 atom stereocenters. The molecule has 0 bridgehead atoms. The van der Waals surface area contributed by atoms with Gasteiger partial charge in [-0.05, 0) is 70.1 Å². The first-order valence-corrected chi connectivity index (χ1v) is 19.9. The Morgan fingerprint density at radius 3 is 1.53 bits per heavy atom. The quantitative estimate of drug-likeness (QED) is 0.152. The van der Waals surface area contributed by atoms with Gasteiger partial charge in [0, 0.05) is 38.7 Å². The number of rotatable bonds is 7. The van der Waals surface area contributed by atoms with Crippen LogP contribution in [0, 0.1) is 0 Å². The van der Waals surface area contributed by atoms with Gasteiger partial charge in [-0.1, -0.05) is 176 Å². The summed E-state index contributed by atoms with van der Waals surface area (Å²) >= 11 is 0. The van der Waals surface area contributed by atoms with Crippen molar-refractivity contribution in [1.82, 2.24) is 19.5 Å². The summed E-state index contributed by atoms with van der Waals surface area (Å²) in [6.45, 7) is 0. The van der Waals surface area contributed by atoms with Crippen LogP contribution in [-0.4, -0.2) is 19.5 Å². The maximum absolute atomic E-state index is 5.47. The van der Waals surface area contributed by atoms with E-state index in [1.54, 1.807) is 0 Å². The number of nitrogens with zero attached hydrogens (tertiary/aromatic N) is 4. The molecular weight excluding hydrogens is 717 g/mol. The third-order valence-corrected chi connectivity index (χ3v) is 11.2. The Bertz CT molecular complexity index is 3230. The zero-order valence-electron chi connectivity index (χ0n) is 32.1. The Morgan fingerprint density at radius 2 is 0.864 bits per heavy atom. The molecule has 0 aliphatic heterocycles. The van der Waals surface area contributed by atoms with Gasteiger partial charge in [0.2, 0.25) is 0 Å². The molecule has 0 N–H and O–H groups in total. The molecule has 0 saturated heterocycles. The Kier molecular flexibility index (Phi) is 8.45. The summed E-state index contributed by atoms with van der Waals surface area (Å²) in [5.74, 6) is 0.897. The zero-order chi connectivity index (χ0) is 39.1. The molecular formula is C55H36N4. The van der Waals surface area contributed by atoms with Crippen molar-refractivity contribution in [2.24, 2.45) is 0 Å². The number of para-hydroxylation sites is 2. The van der Waals surface area contributed by atoms with Crippen molar-refractivity contribution in [3.63, 3.8) is 0 Å². The molecule has 4 nitrogen and oxygen atoms in total. The maximum Gasteiger partial charge on any atom is 0.145 e. The average molecular weight is 753 g/mol. The fraction of sp³-hybridized carbons (Fsp3) is 0. The zero-order valence-corrected chi connectivity index (χ0v) is 32.1. The summed E-state index contributed by atoms with van der Waals surface area (Å²) in [5, 5.41) is 3.28. The van der Waals surface area contributed by atoms with Crippen LogP contribution in [0.25, 0.3) is 106 Å². The van der Waals surface area contributed by atoms with Crippen LogP contribution in [0.3, 0.4) is 0 Å². The van der Waals surface area contributed by atoms with Crippen LogP contribution in [0.4, 0.5) is 0 Å². The third kappa shape index (κ3) is 6.24. The molecule has 0 aliphatic carbocycles. The second-order valence-corrected chi connectivity index (χ2v) is 14.8. The van der Waals surface area contributed by atoms with Crippen LogP contribution < -0.4 is 0 Å². The first kappa shape index (κ1) is 34.3. The van der Waals surface area contributed by atoms with E-state index < -0.39 is 0 Å². The van der Waals surface area contributed by atoms with E-state index >= 15 is 0 Å². The van der Waals surface area contributed by atoms with Crippen molar-refractivity contribution in [3.05, 3.63) is 218 Å². The molecule has 0 spiro atoms. The van der Waals surface area contributed by atoms with E-state index in [4.69, 9.17) is 15.0 Å². The molecule has 0 aliphatic rings. The van der Waals surface area contributed by atoms with Crippen LogP contribution in [-0.2, 0) is 0 Å². The number of benzene rings is 8. The number of pyridine rings is 2. The van der Waals surface area contributed by atoms with E-state index in [0.717, 1.165) is 106 Å². The van der Waals surface area contributed by atoms with E-state index in [1.165, 1.54) is 0 Å². The van der Waals surface area contributed by atoms with Crippen molar-refractivity contribution < 1.29 is 0 Å². The van der Waals surface area contributed by atoms with E-state index in [2.05, 4.69) is 205 Å². The SMILES string of the molecule is c1ccc(-c2cc(-c3ccc(-c4cccc(-c5nc6ccccc6c6ccc7c(nc(-c8ccccc8)n7-c7ccccc7)c56)c4)cc3)cc(-c3ccccc3)n2)cc1. The lowest BCUT2D eigenvalue weighted by Crippen LogP contribution is -1.97. The molecule has 3 aromatic heterocycles. The Hall–Kier alpha value is -7.95. The number of hydrogen-bond acceptors (Lipinski definition) is 3. The van der Waals surface area contributed by atoms with Gasteiger partial charge in [-0.25, -0.2) is 15.0 Å². The van der Waals surface area contributed by atoms with Gasteiger partial charge in [0.1, 0.15) is 5.82 Å². The van der Waals surface area contributed by atoms with Crippen molar-refractivity contribution in [2.75, 3.05) is 0 Å². The topological polar surface area (TPSA) is 43.6 Å². The minimum Gasteiger partial charge on any atom is -0.292 e. The first-order valence-electron chi connectivity index (χ1n) is 19.9. The molecule has 0 saturated carbocycles. The van der Waals surface area contributed by atoms with Crippen LogP contribution in [0.1, 0.15) is 0 Å². The van der Waals surface area contributed by atoms with Gasteiger partial charge in [-0.2, -0.15) is 0 Å². The number of hydrogen-bond donors (Lipinski definition) is 0. The van der Waals surface area contributed by atoms with E-state index in [1.807, 2.05) is 18.2 Å². The fourth-order valence-electron chi connectivity index (χ4n) is 8.32. The van der Waals surface area contributed by atoms with Gasteiger partial charge >= 0.3 is 0 Å². The Balaban J connectivity index is 1.05. The molecule has 3 heterocycles. The van der Waals surface area contributed by atoms with Crippen LogP contribution in [0.2, 0.25) is 0 Å². The predicted octanol–water partition coefficient (Wildman–Crippen LogP) is 14.1. The molecule has 59 heavy (non-hydrogen) atoms. The number of aromatic nitrogens is 4. The maximum atomic E-state index is 5.47. The van der Waals surface area contributed by atoms with Crippen molar-refractivity contribution in [2.45, 2.75) is 0 Å². The van der Waals surface area contributed by atoms with E-state index in [0.29, 0.717) is 0 Å². The van der Waals surface area contributed by atoms with Gasteiger partial charge in [0.25, 0.3) is 0 Å². The standard InChI is InChI=1S/C55H36N4/c1-5-16-39(17-6-1)49-35-44(36-50(56-49)40-18-7-2-8-19-40)38-30-28-37(29-31-38)42-22-15-23-43(34-42)53-52-47(46-26-13-14-27-48(46)57-53)32-33-51-54(52)58-55(41-20-9-3-10-21-41)59(51)45-24-11-4-12-25-45/h1-36H. The summed E-state index contributed by atoms with van der Waals surface area (Å²) in [7, 11) is 0. The molecule has 0 unspecified atom stereocenters. The number of fused-ring (bicyclic) bond motifs is 5. The Labute approximate surface area is 342 Å². The highest BCUT2D eigenvalue weighted by atomic mass is 15.1. The molecule has 0 radical (unpaired) electrons. The molecule has 4 heteroatoms. The molecule has 11 rings (SSSR count). The van der Waals surface area contributed by atoms with E-state index in [9.17, 15) is 0 Å². The van der Waals surface area contributed by atoms with Gasteiger partial charge in [-0.15, -0.1) is 0 Å². The Morgan fingerprint density at radius 1 is 0.322 bits per heavy atom. The minimum atomic E-state index is 0.897. The summed E-state index contributed by atoms with van der Waals surface area (Å²) in [5.41, 5.74) is 15.6. The summed E-state index contributed by atoms with van der Waals surface area (Å²) in [6, 6.07) is 76.7. The number of imidazole rings is 1. The van der Waals surface area contributed by atoms with Gasteiger partial charge in [-0.3, -0.25) is 4.57 Å². The van der Waals surface area contributed by atoms with E-state index in [-0.39, 0.29) is 0 Å². The van der Waals surface area contributed by atoms with Crippen molar-refractivity contribution in [3.8, 4) is 73.1 Å². The molecule has 0 fully saturated rings. The van der Waals surface area contributed by atoms with Gasteiger partial charge < -0.3 is 0 Å². The largest absolute Gasteiger partial charge is 0.292 e. The summed E-state index contributed by atoms with van der Waals surface area (Å²) in [6.07, 6.45) is 0. The smallest absolute Gasteiger partial charge is 0.145 e. The van der Waals surface area contributed by atoms with Crippen molar-refractivity contribution in [1.29, 1.82) is 0 Å². The third-order valence-electron chi connectivity index (χ3n) is 11.2. The highest BCUT2D eigenvalue weighted by Gasteiger charge is 2.21. The second kappa shape index (κ2) is 14.5. The lowest BCUT2D eigenvalue weighted by Gasteiger charge is -2.13. The highest BCUT2D eigenvalue weighted by molar-refractivity contribution is 6.20. The van der Waals surface area contributed by atoms with Crippen LogP contribution in [0.5, 0.6) is 0 Å². The average Bonchev–Trinajstić information content (AvgIpc) is 3.72. The molecule has 11 aromatic rings. The molecule has 0 amide bonds. The summed E-state index contributed by atoms with van der Waals surface area (Å²) < 4.78 is 2.27. The predicted molar refractivity (Wildman–Crippen MR) is 244 cm³/mol. The molecule has 276 valence electrons. The lowest BCUT2D eigenvalue weighted by atomic mass is 9.95. The van der Waals surface area contributed by atoms with Gasteiger partial charge in [0.05, 0.1) is 33.6 Å². The van der Waals surface area contributed by atoms with Gasteiger partial charge in [0.15, 0.2) is 0 Å². The minimum absolute atomic E-state index is 0.897. The lowest BCUT2D eigenvalue weighted by molar-refractivity contribution is 1.10. The monoisotopic (exact) mass is 752 g/mol. The fourth-order valence-corrected chi connectivity index (χ4v) is 8.32. The van der Waals surface area contributed by atoms with Crippen LogP contribution >= 0.6 is 0 Å². The second-order valence-electron chi connectivity index (χ2n) is 14.8. The summed E-state index contributed by atoms with van der Waals surface area (Å²) in [4.78, 5) is 16.0. The first-order chi connectivity index (χ1) is 29.2. The van der Waals surface area contributed by atoms with Crippen molar-refractivity contribution >= 4 is 32.7 Å². The molecule has 8 aromatic carbocycles. The van der Waals surface area contributed by atoms with Crippen LogP contribution in [0.15, 0.2) is 218 Å². The highest BCUT2D eigenvalue weighted by Crippen LogP contribution is 2.41.